The van der Waals surface area contributed by atoms with Crippen LogP contribution in [0.2, 0.25) is 0 Å². The summed E-state index contributed by atoms with van der Waals surface area (Å²) in [4.78, 5) is 14.4. The lowest BCUT2D eigenvalue weighted by molar-refractivity contribution is -0.0577. The van der Waals surface area contributed by atoms with Gasteiger partial charge in [-0.1, -0.05) is 53.7 Å². The Hall–Kier alpha value is -3.23. The summed E-state index contributed by atoms with van der Waals surface area (Å²) in [7, 11) is 3.72. The van der Waals surface area contributed by atoms with Gasteiger partial charge in [-0.05, 0) is 55.0 Å². The monoisotopic (exact) mass is 596 g/mol. The van der Waals surface area contributed by atoms with Crippen LogP contribution in [0.3, 0.4) is 0 Å². The fourth-order valence-corrected chi connectivity index (χ4v) is 4.40. The Morgan fingerprint density at radius 2 is 1.51 bits per heavy atom. The number of aldehydes is 1. The highest BCUT2D eigenvalue weighted by Gasteiger charge is 2.38. The Kier molecular flexibility index (Phi) is 10.5. The molecule has 0 amide bonds. The molecule has 3 N–H and O–H groups in total. The highest BCUT2D eigenvalue weighted by atomic mass is 16.5. The first-order chi connectivity index (χ1) is 19.9. The molecule has 1 atom stereocenters. The van der Waals surface area contributed by atoms with Crippen LogP contribution in [0.15, 0.2) is 42.6 Å². The third-order valence-electron chi connectivity index (χ3n) is 9.68. The van der Waals surface area contributed by atoms with Crippen LogP contribution in [0.1, 0.15) is 77.7 Å². The Morgan fingerprint density at radius 1 is 0.930 bits per heavy atom. The van der Waals surface area contributed by atoms with Crippen LogP contribution in [-0.2, 0) is 0 Å². The summed E-state index contributed by atoms with van der Waals surface area (Å²) in [6.45, 7) is 16.7. The molecule has 8 nitrogen and oxygen atoms in total. The lowest BCUT2D eigenvalue weighted by atomic mass is 9.69. The van der Waals surface area contributed by atoms with E-state index in [-0.39, 0.29) is 30.1 Å². The highest BCUT2D eigenvalue weighted by Crippen LogP contribution is 2.41. The zero-order valence-electron chi connectivity index (χ0n) is 27.7. The minimum Gasteiger partial charge on any atom is -0.497 e. The third kappa shape index (κ3) is 8.03. The number of likely N-dealkylation sites (N-methyl/N-ethyl adjacent to an activating group) is 1. The summed E-state index contributed by atoms with van der Waals surface area (Å²) in [5.74, 6) is 1.76. The van der Waals surface area contributed by atoms with Gasteiger partial charge in [0.2, 0.25) is 0 Å². The second-order valence-corrected chi connectivity index (χ2v) is 14.2. The van der Waals surface area contributed by atoms with Gasteiger partial charge in [0.25, 0.3) is 0 Å². The number of anilines is 1. The molecule has 1 aliphatic rings. The number of rotatable bonds is 15. The number of carbonyl (C=O) groups excluding carboxylic acids is 1. The van der Waals surface area contributed by atoms with Crippen LogP contribution >= 0.6 is 0 Å². The van der Waals surface area contributed by atoms with Gasteiger partial charge in [0, 0.05) is 60.6 Å². The number of nitrogens with zero attached hydrogens (tertiary/aromatic N) is 1. The van der Waals surface area contributed by atoms with Gasteiger partial charge in [-0.25, -0.2) is 0 Å². The van der Waals surface area contributed by atoms with Gasteiger partial charge in [0.1, 0.15) is 5.75 Å². The topological polar surface area (TPSA) is 100 Å². The van der Waals surface area contributed by atoms with Gasteiger partial charge in [-0.3, -0.25) is 4.79 Å². The quantitative estimate of drug-likeness (QED) is 0.207. The second kappa shape index (κ2) is 13.2. The average Bonchev–Trinajstić information content (AvgIpc) is 3.33. The Morgan fingerprint density at radius 3 is 2.05 bits per heavy atom. The van der Waals surface area contributed by atoms with Crippen LogP contribution in [0.5, 0.6) is 17.2 Å². The summed E-state index contributed by atoms with van der Waals surface area (Å²) >= 11 is 0. The van der Waals surface area contributed by atoms with E-state index in [1.165, 1.54) is 5.57 Å². The van der Waals surface area contributed by atoms with Gasteiger partial charge in [-0.15, -0.1) is 0 Å². The summed E-state index contributed by atoms with van der Waals surface area (Å²) in [5.41, 5.74) is 1.21. The number of methoxy groups -OCH3 is 1. The Labute approximate surface area is 258 Å². The van der Waals surface area contributed by atoms with Crippen LogP contribution < -0.4 is 19.5 Å². The van der Waals surface area contributed by atoms with Gasteiger partial charge >= 0.3 is 0 Å². The number of ether oxygens (including phenoxy) is 3. The molecule has 1 aliphatic heterocycles. The number of benzene rings is 2. The molecule has 0 fully saturated rings. The highest BCUT2D eigenvalue weighted by molar-refractivity contribution is 5.86. The molecule has 0 saturated carbocycles. The fraction of sp³-hybridized carbons (Fsp3) is 0.571. The zero-order chi connectivity index (χ0) is 32.2. The summed E-state index contributed by atoms with van der Waals surface area (Å²) < 4.78 is 17.9. The minimum atomic E-state index is -0.984. The maximum absolute atomic E-state index is 12.3. The fourth-order valence-electron chi connectivity index (χ4n) is 4.40. The number of hydrogen-bond donors (Lipinski definition) is 3. The van der Waals surface area contributed by atoms with E-state index in [2.05, 4.69) is 49.4 Å². The van der Waals surface area contributed by atoms with Crippen molar-refractivity contribution in [1.29, 1.82) is 0 Å². The molecule has 8 heteroatoms. The largest absolute Gasteiger partial charge is 0.497 e. The van der Waals surface area contributed by atoms with Gasteiger partial charge in [-0.2, -0.15) is 0 Å². The van der Waals surface area contributed by atoms with Crippen molar-refractivity contribution in [2.24, 2.45) is 16.2 Å². The number of carbonyl (C=O) groups is 1. The van der Waals surface area contributed by atoms with Crippen LogP contribution in [0.25, 0.3) is 5.57 Å². The molecule has 43 heavy (non-hydrogen) atoms. The van der Waals surface area contributed by atoms with Crippen molar-refractivity contribution in [3.8, 4) is 17.2 Å². The maximum Gasteiger partial charge on any atom is 0.163 e. The molecule has 0 saturated heterocycles. The predicted molar refractivity (Wildman–Crippen MR) is 173 cm³/mol. The molecular formula is C35H52N2O6. The molecule has 3 rings (SSSR count). The Bertz CT molecular complexity index is 1270. The molecule has 0 bridgehead atoms. The third-order valence-corrected chi connectivity index (χ3v) is 9.68. The summed E-state index contributed by atoms with van der Waals surface area (Å²) in [6, 6.07) is 11.8. The smallest absolute Gasteiger partial charge is 0.163 e. The van der Waals surface area contributed by atoms with Gasteiger partial charge < -0.3 is 34.6 Å². The minimum absolute atomic E-state index is 0.0187. The summed E-state index contributed by atoms with van der Waals surface area (Å²) in [6.07, 6.45) is 3.83. The van der Waals surface area contributed by atoms with E-state index in [9.17, 15) is 15.0 Å². The summed E-state index contributed by atoms with van der Waals surface area (Å²) in [5, 5.41) is 24.1. The van der Waals surface area contributed by atoms with Gasteiger partial charge in [0.05, 0.1) is 25.9 Å². The van der Waals surface area contributed by atoms with Crippen LogP contribution in [0.4, 0.5) is 5.69 Å². The lowest BCUT2D eigenvalue weighted by Crippen LogP contribution is -2.43. The molecule has 2 aromatic carbocycles. The molecule has 238 valence electrons. The van der Waals surface area contributed by atoms with Crippen molar-refractivity contribution in [3.05, 3.63) is 53.7 Å². The Balaban J connectivity index is 1.84. The molecule has 1 unspecified atom stereocenters. The molecule has 0 spiro atoms. The zero-order valence-corrected chi connectivity index (χ0v) is 27.7. The van der Waals surface area contributed by atoms with Crippen molar-refractivity contribution < 1.29 is 29.2 Å². The predicted octanol–water partition coefficient (Wildman–Crippen LogP) is 6.26. The van der Waals surface area contributed by atoms with E-state index in [4.69, 9.17) is 14.2 Å². The first kappa shape index (κ1) is 34.3. The maximum atomic E-state index is 12.3. The van der Waals surface area contributed by atoms with E-state index in [0.29, 0.717) is 35.9 Å². The SMILES string of the molecule is COc1ccc(C2=CN(C)C(CNc3cc(OCC(C)(C)C(C)(C)CO)c(OCC(C)(C)C(C)(C)O)cc3C=O)C2)cc1. The van der Waals surface area contributed by atoms with Crippen molar-refractivity contribution in [1.82, 2.24) is 4.90 Å². The second-order valence-electron chi connectivity index (χ2n) is 14.2. The molecule has 2 aromatic rings. The first-order valence-electron chi connectivity index (χ1n) is 15.0. The average molecular weight is 597 g/mol. The van der Waals surface area contributed by atoms with Crippen LogP contribution in [-0.4, -0.2) is 73.6 Å². The van der Waals surface area contributed by atoms with Crippen molar-refractivity contribution in [2.45, 2.75) is 73.5 Å². The molecule has 0 aromatic heterocycles. The first-order valence-corrected chi connectivity index (χ1v) is 15.0. The van der Waals surface area contributed by atoms with Crippen molar-refractivity contribution in [2.75, 3.05) is 45.8 Å². The van der Waals surface area contributed by atoms with E-state index < -0.39 is 11.0 Å². The van der Waals surface area contributed by atoms with Crippen LogP contribution in [0, 0.1) is 16.2 Å². The number of hydrogen-bond acceptors (Lipinski definition) is 8. The van der Waals surface area contributed by atoms with Crippen molar-refractivity contribution >= 4 is 17.5 Å². The standard InChI is InChI=1S/C35H52N2O6/c1-32(2,21-39)33(3,4)22-42-31-17-29(26(20-38)16-30(31)43-23-34(5,6)35(7,8)40)36-18-27-15-25(19-37(27)9)24-11-13-28(41-10)14-12-24/h11-14,16-17,19-20,27,36,39-40H,15,18,21-23H2,1-10H3. The van der Waals surface area contributed by atoms with E-state index in [1.54, 1.807) is 27.0 Å². The lowest BCUT2D eigenvalue weighted by Gasteiger charge is -2.40. The van der Waals surface area contributed by atoms with E-state index in [0.717, 1.165) is 24.0 Å². The normalized spacial score (nSPS) is 16.1. The van der Waals surface area contributed by atoms with Gasteiger partial charge in [0.15, 0.2) is 17.8 Å². The number of aliphatic hydroxyl groups excluding tert-OH is 1. The molecular weight excluding hydrogens is 544 g/mol. The van der Waals surface area contributed by atoms with Crippen molar-refractivity contribution in [3.63, 3.8) is 0 Å². The number of nitrogens with one attached hydrogen (secondary N) is 1. The van der Waals surface area contributed by atoms with E-state index in [1.807, 2.05) is 45.9 Å². The molecule has 0 radical (unpaired) electrons. The van der Waals surface area contributed by atoms with E-state index >= 15 is 0 Å². The molecule has 0 aliphatic carbocycles. The number of aliphatic hydroxyl groups is 2. The molecule has 1 heterocycles.